The van der Waals surface area contributed by atoms with Gasteiger partial charge in [0.1, 0.15) is 0 Å². The molecular weight excluding hydrogens is 368 g/mol. The third kappa shape index (κ3) is 4.86. The van der Waals surface area contributed by atoms with Crippen molar-refractivity contribution in [3.8, 4) is 11.4 Å². The Balaban J connectivity index is 1.54. The van der Waals surface area contributed by atoms with Gasteiger partial charge in [-0.05, 0) is 31.5 Å². The standard InChI is InChI=1S/C19H19ClN4OS/c1-12-6-8-14(9-7-12)18-22-19(24-23-18)26-11-17(25)21-13(2)15-4-3-5-16(20)10-15/h3-10,13H,11H2,1-2H3,(H,21,25)(H,22,23,24)/t13-/m1/s1. The molecule has 134 valence electrons. The summed E-state index contributed by atoms with van der Waals surface area (Å²) in [6.07, 6.45) is 0. The molecule has 5 nitrogen and oxygen atoms in total. The Morgan fingerprint density at radius 1 is 1.27 bits per heavy atom. The molecule has 0 aliphatic carbocycles. The molecule has 3 rings (SSSR count). The lowest BCUT2D eigenvalue weighted by molar-refractivity contribution is -0.119. The van der Waals surface area contributed by atoms with Crippen LogP contribution in [0.2, 0.25) is 5.02 Å². The van der Waals surface area contributed by atoms with Crippen LogP contribution >= 0.6 is 23.4 Å². The Morgan fingerprint density at radius 2 is 2.04 bits per heavy atom. The zero-order valence-corrected chi connectivity index (χ0v) is 16.1. The van der Waals surface area contributed by atoms with E-state index in [9.17, 15) is 4.79 Å². The van der Waals surface area contributed by atoms with Gasteiger partial charge in [0.2, 0.25) is 11.1 Å². The molecule has 2 N–H and O–H groups in total. The van der Waals surface area contributed by atoms with Crippen molar-refractivity contribution in [1.82, 2.24) is 20.5 Å². The number of carbonyl (C=O) groups is 1. The smallest absolute Gasteiger partial charge is 0.230 e. The summed E-state index contributed by atoms with van der Waals surface area (Å²) in [6.45, 7) is 3.96. The number of nitrogens with zero attached hydrogens (tertiary/aromatic N) is 2. The summed E-state index contributed by atoms with van der Waals surface area (Å²) in [4.78, 5) is 16.6. The van der Waals surface area contributed by atoms with Crippen molar-refractivity contribution in [2.24, 2.45) is 0 Å². The van der Waals surface area contributed by atoms with E-state index in [0.717, 1.165) is 11.1 Å². The second-order valence-electron chi connectivity index (χ2n) is 5.97. The van der Waals surface area contributed by atoms with Crippen LogP contribution in [0.25, 0.3) is 11.4 Å². The SMILES string of the molecule is Cc1ccc(-c2nc(SCC(=O)N[C@H](C)c3cccc(Cl)c3)n[nH]2)cc1. The van der Waals surface area contributed by atoms with Gasteiger partial charge in [0, 0.05) is 10.6 Å². The van der Waals surface area contributed by atoms with Gasteiger partial charge in [-0.1, -0.05) is 65.3 Å². The van der Waals surface area contributed by atoms with Crippen LogP contribution in [-0.4, -0.2) is 26.8 Å². The van der Waals surface area contributed by atoms with Crippen LogP contribution in [-0.2, 0) is 4.79 Å². The molecule has 7 heteroatoms. The van der Waals surface area contributed by atoms with Gasteiger partial charge >= 0.3 is 0 Å². The number of aryl methyl sites for hydroxylation is 1. The van der Waals surface area contributed by atoms with E-state index < -0.39 is 0 Å². The van der Waals surface area contributed by atoms with Gasteiger partial charge < -0.3 is 5.32 Å². The minimum absolute atomic E-state index is 0.0795. The average Bonchev–Trinajstić information content (AvgIpc) is 3.09. The predicted molar refractivity (Wildman–Crippen MR) is 105 cm³/mol. The number of H-pyrrole nitrogens is 1. The number of benzene rings is 2. The van der Waals surface area contributed by atoms with E-state index in [2.05, 4.69) is 20.5 Å². The van der Waals surface area contributed by atoms with E-state index in [4.69, 9.17) is 11.6 Å². The Morgan fingerprint density at radius 3 is 2.77 bits per heavy atom. The Hall–Kier alpha value is -2.31. The van der Waals surface area contributed by atoms with E-state index in [1.165, 1.54) is 17.3 Å². The lowest BCUT2D eigenvalue weighted by Crippen LogP contribution is -2.28. The van der Waals surface area contributed by atoms with Crippen LogP contribution in [0.1, 0.15) is 24.1 Å². The first-order valence-electron chi connectivity index (χ1n) is 8.18. The van der Waals surface area contributed by atoms with Crippen molar-refractivity contribution in [2.75, 3.05) is 5.75 Å². The van der Waals surface area contributed by atoms with Crippen LogP contribution in [0, 0.1) is 6.92 Å². The second kappa shape index (κ2) is 8.38. The van der Waals surface area contributed by atoms with Gasteiger partial charge in [0.15, 0.2) is 5.82 Å². The molecular formula is C19H19ClN4OS. The number of halogens is 1. The zero-order chi connectivity index (χ0) is 18.5. The summed E-state index contributed by atoms with van der Waals surface area (Å²) in [5.41, 5.74) is 3.12. The zero-order valence-electron chi connectivity index (χ0n) is 14.5. The fourth-order valence-corrected chi connectivity index (χ4v) is 3.23. The van der Waals surface area contributed by atoms with Crippen molar-refractivity contribution < 1.29 is 4.79 Å². The molecule has 1 atom stereocenters. The minimum Gasteiger partial charge on any atom is -0.349 e. The Kier molecular flexibility index (Phi) is 5.96. The van der Waals surface area contributed by atoms with Crippen molar-refractivity contribution in [3.05, 3.63) is 64.7 Å². The first-order valence-corrected chi connectivity index (χ1v) is 9.54. The summed E-state index contributed by atoms with van der Waals surface area (Å²) < 4.78 is 0. The summed E-state index contributed by atoms with van der Waals surface area (Å²) >= 11 is 7.29. The molecule has 0 bridgehead atoms. The third-order valence-electron chi connectivity index (χ3n) is 3.85. The normalized spacial score (nSPS) is 12.0. The summed E-state index contributed by atoms with van der Waals surface area (Å²) in [7, 11) is 0. The molecule has 0 spiro atoms. The van der Waals surface area contributed by atoms with Gasteiger partial charge in [-0.15, -0.1) is 5.10 Å². The van der Waals surface area contributed by atoms with Crippen LogP contribution in [0.15, 0.2) is 53.7 Å². The fraction of sp³-hybridized carbons (Fsp3) is 0.211. The molecule has 0 unspecified atom stereocenters. The number of hydrogen-bond acceptors (Lipinski definition) is 4. The highest BCUT2D eigenvalue weighted by molar-refractivity contribution is 7.99. The molecule has 0 aliphatic rings. The number of nitrogens with one attached hydrogen (secondary N) is 2. The summed E-state index contributed by atoms with van der Waals surface area (Å²) in [6, 6.07) is 15.4. The number of amides is 1. The van der Waals surface area contributed by atoms with Crippen molar-refractivity contribution >= 4 is 29.3 Å². The maximum absolute atomic E-state index is 12.2. The van der Waals surface area contributed by atoms with E-state index in [1.807, 2.05) is 62.4 Å². The average molecular weight is 387 g/mol. The second-order valence-corrected chi connectivity index (χ2v) is 7.34. The highest BCUT2D eigenvalue weighted by Gasteiger charge is 2.12. The molecule has 0 saturated heterocycles. The number of hydrogen-bond donors (Lipinski definition) is 2. The summed E-state index contributed by atoms with van der Waals surface area (Å²) in [5, 5.41) is 11.2. The Bertz CT molecular complexity index is 895. The molecule has 0 aliphatic heterocycles. The van der Waals surface area contributed by atoms with E-state index in [1.54, 1.807) is 0 Å². The van der Waals surface area contributed by atoms with Gasteiger partial charge in [-0.3, -0.25) is 9.89 Å². The lowest BCUT2D eigenvalue weighted by atomic mass is 10.1. The highest BCUT2D eigenvalue weighted by atomic mass is 35.5. The molecule has 1 heterocycles. The quantitative estimate of drug-likeness (QED) is 0.616. The molecule has 1 amide bonds. The highest BCUT2D eigenvalue weighted by Crippen LogP contribution is 2.20. The van der Waals surface area contributed by atoms with Crippen molar-refractivity contribution in [3.63, 3.8) is 0 Å². The Labute approximate surface area is 161 Å². The van der Waals surface area contributed by atoms with E-state index in [0.29, 0.717) is 16.0 Å². The molecule has 26 heavy (non-hydrogen) atoms. The predicted octanol–water partition coefficient (Wildman–Crippen LogP) is 4.40. The number of thioether (sulfide) groups is 1. The van der Waals surface area contributed by atoms with E-state index >= 15 is 0 Å². The maximum Gasteiger partial charge on any atom is 0.230 e. The van der Waals surface area contributed by atoms with Crippen LogP contribution in [0.5, 0.6) is 0 Å². The number of rotatable bonds is 6. The van der Waals surface area contributed by atoms with Crippen LogP contribution < -0.4 is 5.32 Å². The molecule has 0 fully saturated rings. The van der Waals surface area contributed by atoms with Gasteiger partial charge in [0.25, 0.3) is 0 Å². The molecule has 1 aromatic heterocycles. The molecule has 2 aromatic carbocycles. The first kappa shape index (κ1) is 18.5. The van der Waals surface area contributed by atoms with Crippen LogP contribution in [0.3, 0.4) is 0 Å². The van der Waals surface area contributed by atoms with Gasteiger partial charge in [0.05, 0.1) is 11.8 Å². The molecule has 0 radical (unpaired) electrons. The molecule has 3 aromatic rings. The molecule has 0 saturated carbocycles. The minimum atomic E-state index is -0.114. The number of carbonyl (C=O) groups excluding carboxylic acids is 1. The fourth-order valence-electron chi connectivity index (χ4n) is 2.42. The van der Waals surface area contributed by atoms with Gasteiger partial charge in [-0.25, -0.2) is 4.98 Å². The first-order chi connectivity index (χ1) is 12.5. The third-order valence-corrected chi connectivity index (χ3v) is 4.93. The van der Waals surface area contributed by atoms with Crippen LogP contribution in [0.4, 0.5) is 0 Å². The monoisotopic (exact) mass is 386 g/mol. The topological polar surface area (TPSA) is 70.7 Å². The summed E-state index contributed by atoms with van der Waals surface area (Å²) in [5.74, 6) is 0.861. The largest absolute Gasteiger partial charge is 0.349 e. The number of aromatic nitrogens is 3. The number of aromatic amines is 1. The van der Waals surface area contributed by atoms with Crippen molar-refractivity contribution in [1.29, 1.82) is 0 Å². The van der Waals surface area contributed by atoms with Crippen molar-refractivity contribution in [2.45, 2.75) is 25.0 Å². The van der Waals surface area contributed by atoms with Gasteiger partial charge in [-0.2, -0.15) is 0 Å². The maximum atomic E-state index is 12.2. The lowest BCUT2D eigenvalue weighted by Gasteiger charge is -2.14. The van der Waals surface area contributed by atoms with E-state index in [-0.39, 0.29) is 17.7 Å².